The summed E-state index contributed by atoms with van der Waals surface area (Å²) in [5.74, 6) is 0. The van der Waals surface area contributed by atoms with Gasteiger partial charge in [-0.3, -0.25) is 0 Å². The van der Waals surface area contributed by atoms with Crippen molar-refractivity contribution in [3.8, 4) is 0 Å². The number of carboxylic acid groups (broad SMARTS) is 1. The molecule has 0 spiro atoms. The van der Waals surface area contributed by atoms with E-state index in [0.717, 1.165) is 23.4 Å². The highest BCUT2D eigenvalue weighted by molar-refractivity contribution is 5.69. The summed E-state index contributed by atoms with van der Waals surface area (Å²) in [6.45, 7) is 0.356. The molecule has 0 radical (unpaired) electrons. The van der Waals surface area contributed by atoms with E-state index in [2.05, 4.69) is 5.32 Å². The lowest BCUT2D eigenvalue weighted by Gasteiger charge is -2.28. The fourth-order valence-corrected chi connectivity index (χ4v) is 3.09. The van der Waals surface area contributed by atoms with E-state index in [0.29, 0.717) is 25.1 Å². The molecule has 0 saturated heterocycles. The van der Waals surface area contributed by atoms with E-state index in [-0.39, 0.29) is 6.04 Å². The summed E-state index contributed by atoms with van der Waals surface area (Å²) >= 11 is 0. The first-order chi connectivity index (χ1) is 11.8. The van der Waals surface area contributed by atoms with Crippen molar-refractivity contribution in [1.82, 2.24) is 5.32 Å². The van der Waals surface area contributed by atoms with Gasteiger partial charge in [0.05, 0.1) is 11.6 Å². The van der Waals surface area contributed by atoms with Crippen LogP contribution in [0, 0.1) is 0 Å². The number of fused-ring (bicyclic) bond motifs is 1. The predicted octanol–water partition coefficient (Wildman–Crippen LogP) is 4.43. The Bertz CT molecular complexity index is 760. The third-order valence-electron chi connectivity index (χ3n) is 4.28. The topological polar surface area (TPSA) is 52.6 Å². The second kappa shape index (κ2) is 6.66. The van der Waals surface area contributed by atoms with E-state index in [4.69, 9.17) is 5.11 Å². The number of benzene rings is 2. The average molecular weight is 350 g/mol. The molecule has 2 aromatic rings. The normalized spacial score (nSPS) is 17.6. The number of carbonyl (C=O) groups is 1. The van der Waals surface area contributed by atoms with Crippen molar-refractivity contribution in [2.75, 3.05) is 11.4 Å². The number of nitrogens with zero attached hydrogens (tertiary/aromatic N) is 1. The Balaban J connectivity index is 1.96. The van der Waals surface area contributed by atoms with Crippen molar-refractivity contribution in [3.05, 3.63) is 59.7 Å². The van der Waals surface area contributed by atoms with Gasteiger partial charge in [-0.2, -0.15) is 13.2 Å². The smallest absolute Gasteiger partial charge is 0.416 e. The van der Waals surface area contributed by atoms with E-state index >= 15 is 0 Å². The van der Waals surface area contributed by atoms with Gasteiger partial charge in [-0.05, 0) is 48.7 Å². The Morgan fingerprint density at radius 1 is 1.12 bits per heavy atom. The third kappa shape index (κ3) is 3.87. The predicted molar refractivity (Wildman–Crippen MR) is 88.2 cm³/mol. The fourth-order valence-electron chi connectivity index (χ4n) is 3.09. The first-order valence-corrected chi connectivity index (χ1v) is 7.87. The van der Waals surface area contributed by atoms with Crippen LogP contribution in [0.2, 0.25) is 0 Å². The molecule has 1 amide bonds. The Hall–Kier alpha value is -2.70. The number of alkyl halides is 3. The second-order valence-electron chi connectivity index (χ2n) is 5.97. The van der Waals surface area contributed by atoms with Crippen LogP contribution in [0.1, 0.15) is 17.5 Å². The van der Waals surface area contributed by atoms with Gasteiger partial charge in [-0.15, -0.1) is 0 Å². The molecule has 1 unspecified atom stereocenters. The number of aryl methyl sites for hydroxylation is 1. The van der Waals surface area contributed by atoms with Crippen molar-refractivity contribution in [3.63, 3.8) is 0 Å². The van der Waals surface area contributed by atoms with Gasteiger partial charge >= 0.3 is 12.3 Å². The standard InChI is InChI=1S/C18H17F3N2O2/c19-18(20,21)13-6-9-15(10-7-13)23-11-14(22-17(24)25)8-5-12-3-1-2-4-16(12)23/h1-4,6-7,9-10,14,22H,5,8,11H2,(H,24,25). The minimum Gasteiger partial charge on any atom is -0.465 e. The van der Waals surface area contributed by atoms with Crippen LogP contribution < -0.4 is 10.2 Å². The highest BCUT2D eigenvalue weighted by Crippen LogP contribution is 2.35. The minimum atomic E-state index is -4.39. The maximum Gasteiger partial charge on any atom is 0.416 e. The molecule has 1 heterocycles. The fraction of sp³-hybridized carbons (Fsp3) is 0.278. The molecule has 2 N–H and O–H groups in total. The van der Waals surface area contributed by atoms with Crippen LogP contribution in [0.15, 0.2) is 48.5 Å². The zero-order valence-corrected chi connectivity index (χ0v) is 13.3. The van der Waals surface area contributed by atoms with Gasteiger partial charge in [0.2, 0.25) is 0 Å². The summed E-state index contributed by atoms with van der Waals surface area (Å²) in [7, 11) is 0. The highest BCUT2D eigenvalue weighted by Gasteiger charge is 2.31. The number of nitrogens with one attached hydrogen (secondary N) is 1. The number of amides is 1. The molecule has 4 nitrogen and oxygen atoms in total. The maximum atomic E-state index is 12.8. The van der Waals surface area contributed by atoms with Crippen LogP contribution in [0.3, 0.4) is 0 Å². The van der Waals surface area contributed by atoms with Crippen molar-refractivity contribution >= 4 is 17.5 Å². The Kier molecular flexibility index (Phi) is 4.57. The third-order valence-corrected chi connectivity index (χ3v) is 4.28. The summed E-state index contributed by atoms with van der Waals surface area (Å²) in [6.07, 6.45) is -4.18. The van der Waals surface area contributed by atoms with Gasteiger partial charge in [0.25, 0.3) is 0 Å². The first-order valence-electron chi connectivity index (χ1n) is 7.87. The average Bonchev–Trinajstić information content (AvgIpc) is 2.74. The first kappa shape index (κ1) is 17.1. The van der Waals surface area contributed by atoms with Gasteiger partial charge in [-0.1, -0.05) is 18.2 Å². The van der Waals surface area contributed by atoms with Crippen LogP contribution in [0.25, 0.3) is 0 Å². The van der Waals surface area contributed by atoms with Gasteiger partial charge in [0.1, 0.15) is 0 Å². The van der Waals surface area contributed by atoms with Crippen molar-refractivity contribution < 1.29 is 23.1 Å². The Labute approximate surface area is 142 Å². The lowest BCUT2D eigenvalue weighted by atomic mass is 10.1. The molecule has 0 bridgehead atoms. The molecule has 2 aromatic carbocycles. The monoisotopic (exact) mass is 350 g/mol. The van der Waals surface area contributed by atoms with E-state index in [1.54, 1.807) is 0 Å². The largest absolute Gasteiger partial charge is 0.465 e. The number of hydrogen-bond acceptors (Lipinski definition) is 2. The molecule has 0 saturated carbocycles. The number of para-hydroxylation sites is 1. The van der Waals surface area contributed by atoms with Gasteiger partial charge in [0.15, 0.2) is 0 Å². The van der Waals surface area contributed by atoms with E-state index in [9.17, 15) is 18.0 Å². The van der Waals surface area contributed by atoms with E-state index < -0.39 is 17.8 Å². The maximum absolute atomic E-state index is 12.8. The van der Waals surface area contributed by atoms with Crippen molar-refractivity contribution in [2.24, 2.45) is 0 Å². The Morgan fingerprint density at radius 2 is 1.80 bits per heavy atom. The molecule has 0 fully saturated rings. The second-order valence-corrected chi connectivity index (χ2v) is 5.97. The van der Waals surface area contributed by atoms with Crippen LogP contribution in [-0.4, -0.2) is 23.8 Å². The van der Waals surface area contributed by atoms with E-state index in [1.165, 1.54) is 12.1 Å². The molecular weight excluding hydrogens is 333 g/mol. The summed E-state index contributed by atoms with van der Waals surface area (Å²) in [4.78, 5) is 12.9. The molecule has 25 heavy (non-hydrogen) atoms. The van der Waals surface area contributed by atoms with Gasteiger partial charge in [0, 0.05) is 17.9 Å². The SMILES string of the molecule is O=C(O)NC1CCc2ccccc2N(c2ccc(C(F)(F)F)cc2)C1. The van der Waals surface area contributed by atoms with E-state index in [1.807, 2.05) is 29.2 Å². The van der Waals surface area contributed by atoms with Crippen LogP contribution in [-0.2, 0) is 12.6 Å². The molecule has 1 atom stereocenters. The molecule has 7 heteroatoms. The Morgan fingerprint density at radius 3 is 2.44 bits per heavy atom. The van der Waals surface area contributed by atoms with Crippen molar-refractivity contribution in [1.29, 1.82) is 0 Å². The molecule has 0 aromatic heterocycles. The van der Waals surface area contributed by atoms with Gasteiger partial charge in [-0.25, -0.2) is 4.79 Å². The highest BCUT2D eigenvalue weighted by atomic mass is 19.4. The lowest BCUT2D eigenvalue weighted by Crippen LogP contribution is -2.41. The van der Waals surface area contributed by atoms with Crippen LogP contribution >= 0.6 is 0 Å². The zero-order chi connectivity index (χ0) is 18.0. The number of rotatable bonds is 2. The molecule has 1 aliphatic heterocycles. The summed E-state index contributed by atoms with van der Waals surface area (Å²) in [5, 5.41) is 11.5. The van der Waals surface area contributed by atoms with Crippen LogP contribution in [0.5, 0.6) is 0 Å². The quantitative estimate of drug-likeness (QED) is 0.843. The number of hydrogen-bond donors (Lipinski definition) is 2. The summed E-state index contributed by atoms with van der Waals surface area (Å²) < 4.78 is 38.3. The lowest BCUT2D eigenvalue weighted by molar-refractivity contribution is -0.137. The molecular formula is C18H17F3N2O2. The van der Waals surface area contributed by atoms with Gasteiger partial charge < -0.3 is 15.3 Å². The molecule has 132 valence electrons. The molecule has 1 aliphatic rings. The molecule has 3 rings (SSSR count). The summed E-state index contributed by atoms with van der Waals surface area (Å²) in [6, 6.07) is 12.2. The van der Waals surface area contributed by atoms with Crippen molar-refractivity contribution in [2.45, 2.75) is 25.1 Å². The minimum absolute atomic E-state index is 0.313. The summed E-state index contributed by atoms with van der Waals surface area (Å²) in [5.41, 5.74) is 1.81. The molecule has 0 aliphatic carbocycles. The zero-order valence-electron chi connectivity index (χ0n) is 13.3. The number of anilines is 2. The number of halogens is 3. The van der Waals surface area contributed by atoms with Crippen LogP contribution in [0.4, 0.5) is 29.3 Å².